The molecule has 1 aliphatic heterocycles. The molecule has 1 amide bonds. The van der Waals surface area contributed by atoms with Crippen LogP contribution in [-0.4, -0.2) is 50.7 Å². The Hall–Kier alpha value is -2.78. The monoisotopic (exact) mass is 413 g/mol. The number of ether oxygens (including phenoxy) is 1. The number of hydrogen-bond donors (Lipinski definition) is 1. The molecule has 3 heterocycles. The van der Waals surface area contributed by atoms with E-state index in [9.17, 15) is 9.18 Å². The van der Waals surface area contributed by atoms with Gasteiger partial charge in [-0.2, -0.15) is 0 Å². The molecule has 1 aliphatic rings. The number of carbonyl (C=O) groups excluding carboxylic acids is 1. The lowest BCUT2D eigenvalue weighted by Crippen LogP contribution is -2.32. The van der Waals surface area contributed by atoms with Gasteiger partial charge in [-0.15, -0.1) is 10.2 Å². The van der Waals surface area contributed by atoms with Gasteiger partial charge in [-0.3, -0.25) is 14.3 Å². The van der Waals surface area contributed by atoms with Crippen LogP contribution in [0, 0.1) is 5.82 Å². The van der Waals surface area contributed by atoms with Gasteiger partial charge in [0.2, 0.25) is 5.91 Å². The van der Waals surface area contributed by atoms with Crippen molar-refractivity contribution in [1.82, 2.24) is 25.1 Å². The van der Waals surface area contributed by atoms with Gasteiger partial charge in [0.25, 0.3) is 0 Å². The fraction of sp³-hybridized carbons (Fsp3) is 0.300. The van der Waals surface area contributed by atoms with Gasteiger partial charge in [0.1, 0.15) is 5.82 Å². The number of carbonyl (C=O) groups is 1. The van der Waals surface area contributed by atoms with Crippen molar-refractivity contribution in [3.8, 4) is 17.1 Å². The summed E-state index contributed by atoms with van der Waals surface area (Å²) in [5, 5.41) is 12.0. The van der Waals surface area contributed by atoms with Crippen LogP contribution < -0.4 is 5.32 Å². The Morgan fingerprint density at radius 2 is 2.00 bits per heavy atom. The molecule has 4 rings (SSSR count). The maximum Gasteiger partial charge on any atom is 0.230 e. The summed E-state index contributed by atoms with van der Waals surface area (Å²) in [5.41, 5.74) is 1.54. The van der Waals surface area contributed by atoms with Gasteiger partial charge in [-0.05, 0) is 49.2 Å². The van der Waals surface area contributed by atoms with E-state index in [0.29, 0.717) is 23.2 Å². The number of aromatic nitrogens is 4. The molecule has 1 N–H and O–H groups in total. The molecule has 0 spiro atoms. The highest BCUT2D eigenvalue weighted by atomic mass is 32.2. The molecule has 0 radical (unpaired) electrons. The number of nitrogens with one attached hydrogen (secondary N) is 1. The van der Waals surface area contributed by atoms with E-state index in [1.54, 1.807) is 24.5 Å². The van der Waals surface area contributed by atoms with Crippen LogP contribution in [0.15, 0.2) is 53.9 Å². The predicted molar refractivity (Wildman–Crippen MR) is 107 cm³/mol. The molecule has 0 saturated carbocycles. The van der Waals surface area contributed by atoms with Gasteiger partial charge < -0.3 is 10.1 Å². The van der Waals surface area contributed by atoms with Crippen molar-refractivity contribution in [2.45, 2.75) is 24.1 Å². The van der Waals surface area contributed by atoms with Crippen LogP contribution in [0.5, 0.6) is 0 Å². The second-order valence-electron chi connectivity index (χ2n) is 6.58. The topological polar surface area (TPSA) is 81.9 Å². The molecule has 1 aromatic carbocycles. The summed E-state index contributed by atoms with van der Waals surface area (Å²) in [5.74, 6) is 0.378. The van der Waals surface area contributed by atoms with Crippen molar-refractivity contribution >= 4 is 17.7 Å². The SMILES string of the molecule is O=C(CSc1nnc(-c2ccncc2)n1-c1ccc(F)cc1)NC[C@@H]1CCCO1. The zero-order chi connectivity index (χ0) is 20.1. The summed E-state index contributed by atoms with van der Waals surface area (Å²) in [6, 6.07) is 9.73. The van der Waals surface area contributed by atoms with Crippen LogP contribution in [0.3, 0.4) is 0 Å². The quantitative estimate of drug-likeness (QED) is 0.600. The number of halogens is 1. The third-order valence-corrected chi connectivity index (χ3v) is 5.47. The average Bonchev–Trinajstić information content (AvgIpc) is 3.42. The lowest BCUT2D eigenvalue weighted by atomic mass is 10.2. The lowest BCUT2D eigenvalue weighted by Gasteiger charge is -2.12. The van der Waals surface area contributed by atoms with Gasteiger partial charge in [-0.25, -0.2) is 4.39 Å². The van der Waals surface area contributed by atoms with Gasteiger partial charge in [0.05, 0.1) is 11.9 Å². The zero-order valence-corrected chi connectivity index (χ0v) is 16.4. The third kappa shape index (κ3) is 4.80. The molecule has 0 aliphatic carbocycles. The molecule has 1 fully saturated rings. The van der Waals surface area contributed by atoms with Gasteiger partial charge in [0.15, 0.2) is 11.0 Å². The molecule has 2 aromatic heterocycles. The Balaban J connectivity index is 1.52. The minimum Gasteiger partial charge on any atom is -0.376 e. The van der Waals surface area contributed by atoms with Crippen molar-refractivity contribution in [2.24, 2.45) is 0 Å². The van der Waals surface area contributed by atoms with Crippen molar-refractivity contribution in [3.05, 3.63) is 54.6 Å². The predicted octanol–water partition coefficient (Wildman–Crippen LogP) is 2.86. The molecule has 1 atom stereocenters. The summed E-state index contributed by atoms with van der Waals surface area (Å²) >= 11 is 1.28. The molecule has 7 nitrogen and oxygen atoms in total. The fourth-order valence-corrected chi connectivity index (χ4v) is 3.87. The molecule has 0 bridgehead atoms. The Kier molecular flexibility index (Phi) is 6.16. The van der Waals surface area contributed by atoms with Gasteiger partial charge in [-0.1, -0.05) is 11.8 Å². The first kappa shape index (κ1) is 19.5. The summed E-state index contributed by atoms with van der Waals surface area (Å²) < 4.78 is 20.7. The number of benzene rings is 1. The normalized spacial score (nSPS) is 16.1. The summed E-state index contributed by atoms with van der Waals surface area (Å²) in [7, 11) is 0. The first-order valence-corrected chi connectivity index (χ1v) is 10.3. The zero-order valence-electron chi connectivity index (χ0n) is 15.6. The Morgan fingerprint density at radius 1 is 1.21 bits per heavy atom. The minimum absolute atomic E-state index is 0.0929. The van der Waals surface area contributed by atoms with Crippen LogP contribution >= 0.6 is 11.8 Å². The average molecular weight is 413 g/mol. The van der Waals surface area contributed by atoms with Crippen molar-refractivity contribution in [3.63, 3.8) is 0 Å². The summed E-state index contributed by atoms with van der Waals surface area (Å²) in [6.45, 7) is 1.28. The second kappa shape index (κ2) is 9.15. The van der Waals surface area contributed by atoms with E-state index in [-0.39, 0.29) is 23.6 Å². The second-order valence-corrected chi connectivity index (χ2v) is 7.52. The summed E-state index contributed by atoms with van der Waals surface area (Å²) in [6.07, 6.45) is 5.45. The van der Waals surface area contributed by atoms with E-state index >= 15 is 0 Å². The molecule has 29 heavy (non-hydrogen) atoms. The van der Waals surface area contributed by atoms with E-state index in [4.69, 9.17) is 4.74 Å². The minimum atomic E-state index is -0.324. The number of thioether (sulfide) groups is 1. The standard InChI is InChI=1S/C20H20FN5O2S/c21-15-3-5-16(6-4-15)26-19(14-7-9-22-10-8-14)24-25-20(26)29-13-18(27)23-12-17-2-1-11-28-17/h3-10,17H,1-2,11-13H2,(H,23,27)/t17-/m0/s1. The molecular weight excluding hydrogens is 393 g/mol. The first-order valence-electron chi connectivity index (χ1n) is 9.33. The largest absolute Gasteiger partial charge is 0.376 e. The van der Waals surface area contributed by atoms with E-state index in [2.05, 4.69) is 20.5 Å². The van der Waals surface area contributed by atoms with E-state index in [1.807, 2.05) is 16.7 Å². The molecule has 9 heteroatoms. The van der Waals surface area contributed by atoms with Crippen molar-refractivity contribution in [2.75, 3.05) is 18.9 Å². The number of pyridine rings is 1. The Morgan fingerprint density at radius 3 is 2.72 bits per heavy atom. The Bertz CT molecular complexity index is 959. The maximum atomic E-state index is 13.4. The fourth-order valence-electron chi connectivity index (χ4n) is 3.09. The molecule has 150 valence electrons. The van der Waals surface area contributed by atoms with E-state index in [0.717, 1.165) is 25.0 Å². The highest BCUT2D eigenvalue weighted by Crippen LogP contribution is 2.27. The number of nitrogens with zero attached hydrogens (tertiary/aromatic N) is 4. The number of rotatable bonds is 7. The highest BCUT2D eigenvalue weighted by molar-refractivity contribution is 7.99. The van der Waals surface area contributed by atoms with Crippen LogP contribution in [0.2, 0.25) is 0 Å². The van der Waals surface area contributed by atoms with Crippen LogP contribution in [0.4, 0.5) is 4.39 Å². The van der Waals surface area contributed by atoms with Crippen LogP contribution in [0.25, 0.3) is 17.1 Å². The number of amides is 1. The smallest absolute Gasteiger partial charge is 0.230 e. The molecular formula is C20H20FN5O2S. The molecule has 3 aromatic rings. The van der Waals surface area contributed by atoms with Crippen LogP contribution in [-0.2, 0) is 9.53 Å². The van der Waals surface area contributed by atoms with E-state index < -0.39 is 0 Å². The van der Waals surface area contributed by atoms with Crippen molar-refractivity contribution in [1.29, 1.82) is 0 Å². The molecule has 0 unspecified atom stereocenters. The highest BCUT2D eigenvalue weighted by Gasteiger charge is 2.19. The Labute approximate surface area is 171 Å². The van der Waals surface area contributed by atoms with Crippen molar-refractivity contribution < 1.29 is 13.9 Å². The van der Waals surface area contributed by atoms with Crippen LogP contribution in [0.1, 0.15) is 12.8 Å². The lowest BCUT2D eigenvalue weighted by molar-refractivity contribution is -0.119. The van der Waals surface area contributed by atoms with E-state index in [1.165, 1.54) is 23.9 Å². The first-order chi connectivity index (χ1) is 14.2. The maximum absolute atomic E-state index is 13.4. The number of hydrogen-bond acceptors (Lipinski definition) is 6. The third-order valence-electron chi connectivity index (χ3n) is 4.54. The van der Waals surface area contributed by atoms with Gasteiger partial charge in [0, 0.05) is 36.8 Å². The van der Waals surface area contributed by atoms with Gasteiger partial charge >= 0.3 is 0 Å². The molecule has 1 saturated heterocycles. The summed E-state index contributed by atoms with van der Waals surface area (Å²) in [4.78, 5) is 16.3.